The summed E-state index contributed by atoms with van der Waals surface area (Å²) in [7, 11) is 0. The third-order valence-electron chi connectivity index (χ3n) is 4.94. The second-order valence-electron chi connectivity index (χ2n) is 6.93. The van der Waals surface area contributed by atoms with Crippen LogP contribution in [0.25, 0.3) is 0 Å². The van der Waals surface area contributed by atoms with Crippen molar-refractivity contribution in [3.05, 3.63) is 29.8 Å². The van der Waals surface area contributed by atoms with Crippen LogP contribution in [0.4, 0.5) is 5.69 Å². The number of hydrogen-bond donors (Lipinski definition) is 2. The van der Waals surface area contributed by atoms with Gasteiger partial charge in [0.25, 0.3) is 0 Å². The molecule has 0 aromatic heterocycles. The van der Waals surface area contributed by atoms with Gasteiger partial charge in [-0.1, -0.05) is 25.0 Å². The summed E-state index contributed by atoms with van der Waals surface area (Å²) >= 11 is 0. The van der Waals surface area contributed by atoms with Crippen molar-refractivity contribution in [3.63, 3.8) is 0 Å². The molecule has 0 heterocycles. The lowest BCUT2D eigenvalue weighted by atomic mass is 9.97. The Bertz CT molecular complexity index is 582. The van der Waals surface area contributed by atoms with Gasteiger partial charge in [-0.15, -0.1) is 0 Å². The molecule has 1 aliphatic rings. The van der Waals surface area contributed by atoms with Gasteiger partial charge in [-0.3, -0.25) is 9.59 Å². The molecule has 2 amide bonds. The maximum absolute atomic E-state index is 12.6. The first kappa shape index (κ1) is 19.3. The molecule has 138 valence electrons. The van der Waals surface area contributed by atoms with Crippen LogP contribution in [0.1, 0.15) is 45.1 Å². The second-order valence-corrected chi connectivity index (χ2v) is 6.93. The summed E-state index contributed by atoms with van der Waals surface area (Å²) in [4.78, 5) is 26.3. The van der Waals surface area contributed by atoms with Gasteiger partial charge in [0.05, 0.1) is 0 Å². The maximum Gasteiger partial charge on any atom is 0.242 e. The molecule has 1 atom stereocenters. The van der Waals surface area contributed by atoms with Crippen LogP contribution in [0.3, 0.4) is 0 Å². The molecule has 0 spiro atoms. The smallest absolute Gasteiger partial charge is 0.242 e. The standard InChI is InChI=1S/C20H31N3O2/c1-4-23(18-11-7-8-15(2)14-18)13-12-21-20(25)19(22-16(3)24)17-9-5-6-10-17/h7-8,11,14,17,19H,4-6,9-10,12-13H2,1-3H3,(H,21,25)(H,22,24). The number of carbonyl (C=O) groups excluding carboxylic acids is 2. The Morgan fingerprint density at radius 2 is 2.00 bits per heavy atom. The lowest BCUT2D eigenvalue weighted by molar-refractivity contribution is -0.129. The molecule has 0 radical (unpaired) electrons. The van der Waals surface area contributed by atoms with Crippen LogP contribution in [0.5, 0.6) is 0 Å². The van der Waals surface area contributed by atoms with E-state index in [2.05, 4.69) is 53.6 Å². The lowest BCUT2D eigenvalue weighted by Crippen LogP contribution is -2.51. The quantitative estimate of drug-likeness (QED) is 0.761. The van der Waals surface area contributed by atoms with Gasteiger partial charge < -0.3 is 15.5 Å². The molecule has 1 aromatic rings. The number of benzene rings is 1. The Morgan fingerprint density at radius 3 is 2.60 bits per heavy atom. The molecule has 0 aliphatic heterocycles. The molecule has 1 unspecified atom stereocenters. The van der Waals surface area contributed by atoms with Crippen LogP contribution in [0.2, 0.25) is 0 Å². The summed E-state index contributed by atoms with van der Waals surface area (Å²) in [6.45, 7) is 7.89. The summed E-state index contributed by atoms with van der Waals surface area (Å²) in [6.07, 6.45) is 4.32. The number of aryl methyl sites for hydroxylation is 1. The summed E-state index contributed by atoms with van der Waals surface area (Å²) in [5, 5.41) is 5.87. The molecule has 0 bridgehead atoms. The minimum atomic E-state index is -0.394. The molecule has 1 saturated carbocycles. The predicted molar refractivity (Wildman–Crippen MR) is 102 cm³/mol. The van der Waals surface area contributed by atoms with Gasteiger partial charge in [-0.25, -0.2) is 0 Å². The largest absolute Gasteiger partial charge is 0.370 e. The third-order valence-corrected chi connectivity index (χ3v) is 4.94. The molecule has 1 aliphatic carbocycles. The molecule has 25 heavy (non-hydrogen) atoms. The van der Waals surface area contributed by atoms with E-state index < -0.39 is 6.04 Å². The number of hydrogen-bond acceptors (Lipinski definition) is 3. The Balaban J connectivity index is 1.89. The highest BCUT2D eigenvalue weighted by atomic mass is 16.2. The van der Waals surface area contributed by atoms with Gasteiger partial charge in [-0.2, -0.15) is 0 Å². The SMILES string of the molecule is CCN(CCNC(=O)C(NC(C)=O)C1CCCC1)c1cccc(C)c1. The molecule has 5 heteroatoms. The van der Waals surface area contributed by atoms with E-state index in [1.54, 1.807) is 0 Å². The van der Waals surface area contributed by atoms with Crippen LogP contribution in [0, 0.1) is 12.8 Å². The monoisotopic (exact) mass is 345 g/mol. The zero-order valence-electron chi connectivity index (χ0n) is 15.7. The average molecular weight is 345 g/mol. The fraction of sp³-hybridized carbons (Fsp3) is 0.600. The highest BCUT2D eigenvalue weighted by Gasteiger charge is 2.31. The molecule has 1 fully saturated rings. The number of likely N-dealkylation sites (N-methyl/N-ethyl adjacent to an activating group) is 1. The van der Waals surface area contributed by atoms with Crippen molar-refractivity contribution >= 4 is 17.5 Å². The highest BCUT2D eigenvalue weighted by molar-refractivity contribution is 5.87. The van der Waals surface area contributed by atoms with E-state index in [9.17, 15) is 9.59 Å². The van der Waals surface area contributed by atoms with Crippen molar-refractivity contribution in [1.29, 1.82) is 0 Å². The van der Waals surface area contributed by atoms with E-state index >= 15 is 0 Å². The first-order chi connectivity index (χ1) is 12.0. The zero-order chi connectivity index (χ0) is 18.2. The van der Waals surface area contributed by atoms with E-state index in [1.165, 1.54) is 18.2 Å². The third kappa shape index (κ3) is 5.76. The van der Waals surface area contributed by atoms with Gasteiger partial charge in [0.2, 0.25) is 11.8 Å². The van der Waals surface area contributed by atoms with Gasteiger partial charge in [-0.05, 0) is 50.3 Å². The Morgan fingerprint density at radius 1 is 1.28 bits per heavy atom. The number of amides is 2. The average Bonchev–Trinajstić information content (AvgIpc) is 3.10. The lowest BCUT2D eigenvalue weighted by Gasteiger charge is -2.26. The zero-order valence-corrected chi connectivity index (χ0v) is 15.7. The van der Waals surface area contributed by atoms with Crippen LogP contribution < -0.4 is 15.5 Å². The molecular weight excluding hydrogens is 314 g/mol. The molecular formula is C20H31N3O2. The minimum absolute atomic E-state index is 0.0533. The Labute approximate surface area is 151 Å². The van der Waals surface area contributed by atoms with Crippen molar-refractivity contribution in [2.45, 2.75) is 52.5 Å². The maximum atomic E-state index is 12.6. The number of carbonyl (C=O) groups is 2. The number of rotatable bonds is 8. The molecule has 2 rings (SSSR count). The van der Waals surface area contributed by atoms with Crippen molar-refractivity contribution in [2.75, 3.05) is 24.5 Å². The van der Waals surface area contributed by atoms with Crippen molar-refractivity contribution in [1.82, 2.24) is 10.6 Å². The van der Waals surface area contributed by atoms with Gasteiger partial charge in [0.1, 0.15) is 6.04 Å². The van der Waals surface area contributed by atoms with Crippen molar-refractivity contribution < 1.29 is 9.59 Å². The van der Waals surface area contributed by atoms with Crippen LogP contribution in [-0.2, 0) is 9.59 Å². The minimum Gasteiger partial charge on any atom is -0.370 e. The Kier molecular flexibility index (Phi) is 7.29. The van der Waals surface area contributed by atoms with Crippen LogP contribution in [-0.4, -0.2) is 37.5 Å². The molecule has 2 N–H and O–H groups in total. The fourth-order valence-electron chi connectivity index (χ4n) is 3.63. The summed E-state index contributed by atoms with van der Waals surface area (Å²) in [5.74, 6) is 0.0762. The van der Waals surface area contributed by atoms with Gasteiger partial charge in [0, 0.05) is 32.2 Å². The topological polar surface area (TPSA) is 61.4 Å². The molecule has 0 saturated heterocycles. The van der Waals surface area contributed by atoms with Crippen LogP contribution in [0.15, 0.2) is 24.3 Å². The van der Waals surface area contributed by atoms with Crippen LogP contribution >= 0.6 is 0 Å². The summed E-state index contributed by atoms with van der Waals surface area (Å²) in [6, 6.07) is 7.99. The normalized spacial score (nSPS) is 15.6. The first-order valence-electron chi connectivity index (χ1n) is 9.37. The van der Waals surface area contributed by atoms with E-state index in [0.717, 1.165) is 38.8 Å². The highest BCUT2D eigenvalue weighted by Crippen LogP contribution is 2.27. The van der Waals surface area contributed by atoms with Crippen molar-refractivity contribution in [2.24, 2.45) is 5.92 Å². The molecule has 5 nitrogen and oxygen atoms in total. The summed E-state index contributed by atoms with van der Waals surface area (Å²) in [5.41, 5.74) is 2.40. The first-order valence-corrected chi connectivity index (χ1v) is 9.37. The second kappa shape index (κ2) is 9.44. The predicted octanol–water partition coefficient (Wildman–Crippen LogP) is 2.63. The van der Waals surface area contributed by atoms with E-state index in [-0.39, 0.29) is 17.7 Å². The molecule has 1 aromatic carbocycles. The Hall–Kier alpha value is -2.04. The van der Waals surface area contributed by atoms with E-state index in [1.807, 2.05) is 0 Å². The van der Waals surface area contributed by atoms with E-state index in [4.69, 9.17) is 0 Å². The van der Waals surface area contributed by atoms with Gasteiger partial charge >= 0.3 is 0 Å². The number of anilines is 1. The van der Waals surface area contributed by atoms with Gasteiger partial charge in [0.15, 0.2) is 0 Å². The summed E-state index contributed by atoms with van der Waals surface area (Å²) < 4.78 is 0. The van der Waals surface area contributed by atoms with E-state index in [0.29, 0.717) is 6.54 Å². The fourth-order valence-corrected chi connectivity index (χ4v) is 3.63. The number of nitrogens with zero attached hydrogens (tertiary/aromatic N) is 1. The number of nitrogens with one attached hydrogen (secondary N) is 2. The van der Waals surface area contributed by atoms with Crippen molar-refractivity contribution in [3.8, 4) is 0 Å².